The summed E-state index contributed by atoms with van der Waals surface area (Å²) in [5, 5.41) is 6.07. The van der Waals surface area contributed by atoms with E-state index in [4.69, 9.17) is 5.11 Å². The third-order valence-electron chi connectivity index (χ3n) is 1.44. The van der Waals surface area contributed by atoms with Crippen LogP contribution in [0.5, 0.6) is 0 Å². The van der Waals surface area contributed by atoms with E-state index in [1.165, 1.54) is 6.92 Å². The second kappa shape index (κ2) is 5.28. The first-order valence-corrected chi connectivity index (χ1v) is 3.37. The Morgan fingerprint density at radius 2 is 1.75 bits per heavy atom. The Morgan fingerprint density at radius 1 is 1.25 bits per heavy atom. The highest BCUT2D eigenvalue weighted by atomic mass is 19.4. The highest BCUT2D eigenvalue weighted by molar-refractivity contribution is 4.71. The van der Waals surface area contributed by atoms with Crippen molar-refractivity contribution >= 4 is 0 Å². The van der Waals surface area contributed by atoms with Gasteiger partial charge >= 0.3 is 0 Å². The predicted octanol–water partition coefficient (Wildman–Crippen LogP) is 1.27. The van der Waals surface area contributed by atoms with Gasteiger partial charge in [-0.1, -0.05) is 6.92 Å². The van der Waals surface area contributed by atoms with Gasteiger partial charge in [-0.2, -0.15) is 0 Å². The summed E-state index contributed by atoms with van der Waals surface area (Å²) in [6.07, 6.45) is -1.45. The highest BCUT2D eigenvalue weighted by Gasteiger charge is 2.28. The van der Waals surface area contributed by atoms with Gasteiger partial charge in [0.15, 0.2) is 0 Å². The molecule has 0 amide bonds. The van der Waals surface area contributed by atoms with E-state index in [9.17, 15) is 17.9 Å². The fourth-order valence-corrected chi connectivity index (χ4v) is 0.727. The topological polar surface area (TPSA) is 26.7 Å². The first-order chi connectivity index (χ1) is 5.49. The maximum absolute atomic E-state index is 11.8. The molecule has 0 rings (SSSR count). The monoisotopic (exact) mass is 190 g/mol. The molecule has 0 spiro atoms. The molecule has 0 fully saturated rings. The summed E-state index contributed by atoms with van der Waals surface area (Å²) >= 11 is 0. The Labute approximate surface area is 66.9 Å². The maximum atomic E-state index is 11.8. The van der Waals surface area contributed by atoms with Gasteiger partial charge in [-0.05, 0) is 6.42 Å². The molecule has 0 aliphatic carbocycles. The van der Waals surface area contributed by atoms with Crippen molar-refractivity contribution in [3.8, 4) is 0 Å². The predicted molar refractivity (Wildman–Crippen MR) is 33.1 cm³/mol. The Kier molecular flexibility index (Phi) is 5.11. The molecule has 7 heteroatoms. The second-order valence-electron chi connectivity index (χ2n) is 2.29. The SMILES string of the molecule is CCC(O)C(CN(F)F)N(F)F. The van der Waals surface area contributed by atoms with Crippen LogP contribution in [0.3, 0.4) is 0 Å². The number of rotatable bonds is 5. The summed E-state index contributed by atoms with van der Waals surface area (Å²) in [5.74, 6) is 0. The number of hydrogen-bond donors (Lipinski definition) is 1. The molecule has 0 aliphatic rings. The molecular formula is C5H10F4N2O. The number of nitrogens with zero attached hydrogens (tertiary/aromatic N) is 2. The maximum Gasteiger partial charge on any atom is 0.117 e. The summed E-state index contributed by atoms with van der Waals surface area (Å²) in [4.78, 5) is 0. The van der Waals surface area contributed by atoms with Crippen LogP contribution in [-0.2, 0) is 0 Å². The van der Waals surface area contributed by atoms with Gasteiger partial charge in [0.1, 0.15) is 6.04 Å². The Hall–Kier alpha value is -0.400. The lowest BCUT2D eigenvalue weighted by Crippen LogP contribution is -2.40. The molecule has 0 aromatic heterocycles. The van der Waals surface area contributed by atoms with Crippen LogP contribution in [0, 0.1) is 0 Å². The first-order valence-electron chi connectivity index (χ1n) is 3.37. The zero-order chi connectivity index (χ0) is 9.72. The normalized spacial score (nSPS) is 17.0. The minimum Gasteiger partial charge on any atom is -0.391 e. The summed E-state index contributed by atoms with van der Waals surface area (Å²) in [6, 6.07) is -1.84. The average molecular weight is 190 g/mol. The summed E-state index contributed by atoms with van der Waals surface area (Å²) in [5.41, 5.74) is 0. The molecule has 0 aromatic rings. The quantitative estimate of drug-likeness (QED) is 0.522. The zero-order valence-electron chi connectivity index (χ0n) is 6.42. The number of aliphatic hydroxyl groups is 1. The molecule has 0 heterocycles. The molecule has 2 atom stereocenters. The van der Waals surface area contributed by atoms with E-state index in [0.717, 1.165) is 0 Å². The number of halogens is 4. The molecule has 2 unspecified atom stereocenters. The summed E-state index contributed by atoms with van der Waals surface area (Å²) < 4.78 is 46.6. The lowest BCUT2D eigenvalue weighted by atomic mass is 10.1. The van der Waals surface area contributed by atoms with Crippen LogP contribution in [0.2, 0.25) is 0 Å². The van der Waals surface area contributed by atoms with Crippen molar-refractivity contribution in [1.82, 2.24) is 10.7 Å². The van der Waals surface area contributed by atoms with E-state index >= 15 is 0 Å². The highest BCUT2D eigenvalue weighted by Crippen LogP contribution is 2.11. The molecule has 0 saturated heterocycles. The van der Waals surface area contributed by atoms with Crippen LogP contribution in [0.15, 0.2) is 0 Å². The first kappa shape index (κ1) is 11.6. The van der Waals surface area contributed by atoms with Crippen molar-refractivity contribution in [1.29, 1.82) is 0 Å². The van der Waals surface area contributed by atoms with Crippen LogP contribution >= 0.6 is 0 Å². The Balaban J connectivity index is 4.03. The molecule has 74 valence electrons. The van der Waals surface area contributed by atoms with Gasteiger partial charge in [-0.3, -0.25) is 0 Å². The largest absolute Gasteiger partial charge is 0.391 e. The minimum atomic E-state index is -1.84. The fourth-order valence-electron chi connectivity index (χ4n) is 0.727. The summed E-state index contributed by atoms with van der Waals surface area (Å²) in [6.45, 7) is 0.254. The van der Waals surface area contributed by atoms with E-state index in [0.29, 0.717) is 0 Å². The smallest absolute Gasteiger partial charge is 0.117 e. The van der Waals surface area contributed by atoms with Gasteiger partial charge in [0, 0.05) is 10.7 Å². The average Bonchev–Trinajstić information content (AvgIpc) is 1.98. The third kappa shape index (κ3) is 3.84. The standard InChI is InChI=1S/C5H10F4N2O/c1-2-5(12)4(11(8)9)3-10(6)7/h4-5,12H,2-3H2,1H3. The van der Waals surface area contributed by atoms with Crippen LogP contribution in [0.1, 0.15) is 13.3 Å². The molecule has 12 heavy (non-hydrogen) atoms. The van der Waals surface area contributed by atoms with Crippen molar-refractivity contribution in [3.05, 3.63) is 0 Å². The van der Waals surface area contributed by atoms with E-state index in [1.54, 1.807) is 0 Å². The van der Waals surface area contributed by atoms with E-state index in [1.807, 2.05) is 0 Å². The molecule has 0 bridgehead atoms. The Morgan fingerprint density at radius 3 is 2.00 bits per heavy atom. The third-order valence-corrected chi connectivity index (χ3v) is 1.44. The van der Waals surface area contributed by atoms with Gasteiger partial charge in [0.25, 0.3) is 0 Å². The lowest BCUT2D eigenvalue weighted by Gasteiger charge is -2.20. The van der Waals surface area contributed by atoms with Crippen LogP contribution in [0.4, 0.5) is 17.9 Å². The van der Waals surface area contributed by atoms with Crippen molar-refractivity contribution in [2.45, 2.75) is 25.5 Å². The van der Waals surface area contributed by atoms with Gasteiger partial charge < -0.3 is 5.11 Å². The van der Waals surface area contributed by atoms with Gasteiger partial charge in [0.2, 0.25) is 0 Å². The van der Waals surface area contributed by atoms with Crippen LogP contribution in [-0.4, -0.2) is 34.5 Å². The van der Waals surface area contributed by atoms with Crippen LogP contribution in [0.25, 0.3) is 0 Å². The van der Waals surface area contributed by atoms with Gasteiger partial charge in [-0.15, -0.1) is 17.9 Å². The molecule has 0 aromatic carbocycles. The van der Waals surface area contributed by atoms with E-state index < -0.39 is 29.4 Å². The molecule has 1 N–H and O–H groups in total. The van der Waals surface area contributed by atoms with E-state index in [-0.39, 0.29) is 6.42 Å². The number of hydrogen-bond acceptors (Lipinski definition) is 3. The molecule has 0 saturated carbocycles. The minimum absolute atomic E-state index is 0.00282. The fraction of sp³-hybridized carbons (Fsp3) is 1.00. The van der Waals surface area contributed by atoms with Gasteiger partial charge in [-0.25, -0.2) is 0 Å². The van der Waals surface area contributed by atoms with Crippen molar-refractivity contribution in [3.63, 3.8) is 0 Å². The van der Waals surface area contributed by atoms with Crippen molar-refractivity contribution in [2.24, 2.45) is 0 Å². The zero-order valence-corrected chi connectivity index (χ0v) is 6.42. The molecule has 0 aliphatic heterocycles. The molecular weight excluding hydrogens is 180 g/mol. The van der Waals surface area contributed by atoms with Crippen molar-refractivity contribution < 1.29 is 23.0 Å². The Bertz CT molecular complexity index is 124. The molecule has 0 radical (unpaired) electrons. The molecule has 3 nitrogen and oxygen atoms in total. The lowest BCUT2D eigenvalue weighted by molar-refractivity contribution is -0.247. The number of aliphatic hydroxyl groups excluding tert-OH is 1. The van der Waals surface area contributed by atoms with E-state index in [2.05, 4.69) is 0 Å². The second-order valence-corrected chi connectivity index (χ2v) is 2.29. The van der Waals surface area contributed by atoms with Crippen molar-refractivity contribution in [2.75, 3.05) is 6.54 Å². The van der Waals surface area contributed by atoms with Gasteiger partial charge in [0.05, 0.1) is 12.6 Å². The van der Waals surface area contributed by atoms with Crippen LogP contribution < -0.4 is 0 Å². The summed E-state index contributed by atoms with van der Waals surface area (Å²) in [7, 11) is 0.